The fourth-order valence-corrected chi connectivity index (χ4v) is 2.62. The molecule has 0 aromatic rings. The normalized spacial score (nSPS) is 23.0. The summed E-state index contributed by atoms with van der Waals surface area (Å²) < 4.78 is 0. The fraction of sp³-hybridized carbons (Fsp3) is 0.833. The summed E-state index contributed by atoms with van der Waals surface area (Å²) in [5.74, 6) is 0.268. The van der Waals surface area contributed by atoms with Crippen LogP contribution in [0.4, 0.5) is 0 Å². The molecule has 0 aromatic carbocycles. The predicted octanol–water partition coefficient (Wildman–Crippen LogP) is -0.181. The van der Waals surface area contributed by atoms with E-state index >= 15 is 0 Å². The molecule has 17 heavy (non-hydrogen) atoms. The lowest BCUT2D eigenvalue weighted by Crippen LogP contribution is -2.54. The van der Waals surface area contributed by atoms with Gasteiger partial charge in [0, 0.05) is 39.1 Å². The summed E-state index contributed by atoms with van der Waals surface area (Å²) in [6, 6.07) is -0.233. The third-order valence-corrected chi connectivity index (χ3v) is 3.59. The highest BCUT2D eigenvalue weighted by atomic mass is 16.2. The first-order chi connectivity index (χ1) is 8.24. The minimum absolute atomic E-state index is 0.129. The van der Waals surface area contributed by atoms with Gasteiger partial charge in [-0.3, -0.25) is 9.59 Å². The van der Waals surface area contributed by atoms with Crippen molar-refractivity contribution in [2.24, 2.45) is 0 Å². The Balaban J connectivity index is 2.01. The van der Waals surface area contributed by atoms with E-state index in [-0.39, 0.29) is 17.9 Å². The molecule has 0 radical (unpaired) electrons. The molecule has 2 heterocycles. The van der Waals surface area contributed by atoms with E-state index in [0.29, 0.717) is 12.8 Å². The maximum Gasteiger partial charge on any atom is 0.245 e. The number of likely N-dealkylation sites (tertiary alicyclic amines) is 1. The molecule has 2 aliphatic heterocycles. The number of amides is 2. The zero-order valence-corrected chi connectivity index (χ0v) is 10.4. The highest BCUT2D eigenvalue weighted by Gasteiger charge is 2.34. The molecule has 2 saturated heterocycles. The zero-order valence-electron chi connectivity index (χ0n) is 10.4. The van der Waals surface area contributed by atoms with Crippen LogP contribution in [0.1, 0.15) is 26.2 Å². The van der Waals surface area contributed by atoms with Gasteiger partial charge in [0.05, 0.1) is 0 Å². The fourth-order valence-electron chi connectivity index (χ4n) is 2.62. The Morgan fingerprint density at radius 2 is 2.06 bits per heavy atom. The molecular weight excluding hydrogens is 218 g/mol. The summed E-state index contributed by atoms with van der Waals surface area (Å²) in [5, 5.41) is 3.23. The van der Waals surface area contributed by atoms with E-state index in [9.17, 15) is 9.59 Å². The second-order valence-electron chi connectivity index (χ2n) is 4.69. The number of piperazine rings is 1. The minimum atomic E-state index is -0.233. The van der Waals surface area contributed by atoms with E-state index in [2.05, 4.69) is 5.32 Å². The van der Waals surface area contributed by atoms with Gasteiger partial charge in [-0.05, 0) is 12.8 Å². The molecule has 1 N–H and O–H groups in total. The van der Waals surface area contributed by atoms with Crippen LogP contribution in [0.2, 0.25) is 0 Å². The molecule has 0 spiro atoms. The maximum absolute atomic E-state index is 12.4. The standard InChI is InChI=1S/C12H21N3O2/c1-2-10(15-7-3-4-11(15)16)12(17)14-8-5-13-6-9-14/h10,13H,2-9H2,1H3. The van der Waals surface area contributed by atoms with Crippen LogP contribution in [0.15, 0.2) is 0 Å². The number of carbonyl (C=O) groups is 2. The molecule has 5 nitrogen and oxygen atoms in total. The molecule has 0 bridgehead atoms. The lowest BCUT2D eigenvalue weighted by molar-refractivity contribution is -0.144. The van der Waals surface area contributed by atoms with Gasteiger partial charge in [0.2, 0.25) is 11.8 Å². The van der Waals surface area contributed by atoms with Gasteiger partial charge in [-0.25, -0.2) is 0 Å². The van der Waals surface area contributed by atoms with E-state index in [1.54, 1.807) is 4.90 Å². The number of carbonyl (C=O) groups excluding carboxylic acids is 2. The SMILES string of the molecule is CCC(C(=O)N1CCNCC1)N1CCCC1=O. The molecule has 1 unspecified atom stereocenters. The van der Waals surface area contributed by atoms with Crippen molar-refractivity contribution in [2.45, 2.75) is 32.2 Å². The first kappa shape index (κ1) is 12.4. The van der Waals surface area contributed by atoms with Crippen LogP contribution in [-0.4, -0.2) is 60.4 Å². The van der Waals surface area contributed by atoms with Crippen molar-refractivity contribution in [2.75, 3.05) is 32.7 Å². The average molecular weight is 239 g/mol. The second kappa shape index (κ2) is 5.49. The molecule has 2 aliphatic rings. The van der Waals surface area contributed by atoms with Crippen molar-refractivity contribution in [3.63, 3.8) is 0 Å². The predicted molar refractivity (Wildman–Crippen MR) is 64.5 cm³/mol. The molecule has 2 rings (SSSR count). The average Bonchev–Trinajstić information content (AvgIpc) is 2.78. The summed E-state index contributed by atoms with van der Waals surface area (Å²) in [7, 11) is 0. The first-order valence-corrected chi connectivity index (χ1v) is 6.53. The molecule has 2 fully saturated rings. The number of rotatable bonds is 3. The summed E-state index contributed by atoms with van der Waals surface area (Å²) in [6.45, 7) is 5.96. The summed E-state index contributed by atoms with van der Waals surface area (Å²) in [5.41, 5.74) is 0. The molecule has 2 amide bonds. The third kappa shape index (κ3) is 2.60. The molecule has 1 atom stereocenters. The molecule has 0 aliphatic carbocycles. The minimum Gasteiger partial charge on any atom is -0.338 e. The van der Waals surface area contributed by atoms with Crippen molar-refractivity contribution in [1.29, 1.82) is 0 Å². The molecular formula is C12H21N3O2. The van der Waals surface area contributed by atoms with E-state index in [0.717, 1.165) is 39.1 Å². The van der Waals surface area contributed by atoms with Gasteiger partial charge < -0.3 is 15.1 Å². The highest BCUT2D eigenvalue weighted by Crippen LogP contribution is 2.17. The van der Waals surface area contributed by atoms with E-state index < -0.39 is 0 Å². The van der Waals surface area contributed by atoms with E-state index in [1.807, 2.05) is 11.8 Å². The highest BCUT2D eigenvalue weighted by molar-refractivity contribution is 5.88. The molecule has 5 heteroatoms. The number of hydrogen-bond donors (Lipinski definition) is 1. The van der Waals surface area contributed by atoms with Crippen molar-refractivity contribution in [1.82, 2.24) is 15.1 Å². The molecule has 0 saturated carbocycles. The first-order valence-electron chi connectivity index (χ1n) is 6.53. The smallest absolute Gasteiger partial charge is 0.245 e. The van der Waals surface area contributed by atoms with Crippen LogP contribution in [0.3, 0.4) is 0 Å². The monoisotopic (exact) mass is 239 g/mol. The van der Waals surface area contributed by atoms with E-state index in [4.69, 9.17) is 0 Å². The van der Waals surface area contributed by atoms with Gasteiger partial charge in [0.15, 0.2) is 0 Å². The van der Waals surface area contributed by atoms with Crippen LogP contribution in [-0.2, 0) is 9.59 Å². The van der Waals surface area contributed by atoms with Crippen molar-refractivity contribution in [3.8, 4) is 0 Å². The van der Waals surface area contributed by atoms with Crippen molar-refractivity contribution in [3.05, 3.63) is 0 Å². The number of nitrogens with zero attached hydrogens (tertiary/aromatic N) is 2. The van der Waals surface area contributed by atoms with Gasteiger partial charge in [-0.1, -0.05) is 6.92 Å². The lowest BCUT2D eigenvalue weighted by atomic mass is 10.1. The van der Waals surface area contributed by atoms with Gasteiger partial charge in [-0.15, -0.1) is 0 Å². The summed E-state index contributed by atoms with van der Waals surface area (Å²) in [4.78, 5) is 27.7. The Morgan fingerprint density at radius 3 is 2.59 bits per heavy atom. The second-order valence-corrected chi connectivity index (χ2v) is 4.69. The maximum atomic E-state index is 12.4. The lowest BCUT2D eigenvalue weighted by Gasteiger charge is -2.34. The van der Waals surface area contributed by atoms with Crippen LogP contribution in [0, 0.1) is 0 Å². The van der Waals surface area contributed by atoms with Gasteiger partial charge in [0.25, 0.3) is 0 Å². The van der Waals surface area contributed by atoms with E-state index in [1.165, 1.54) is 0 Å². The zero-order chi connectivity index (χ0) is 12.3. The summed E-state index contributed by atoms with van der Waals surface area (Å²) in [6.07, 6.45) is 2.21. The van der Waals surface area contributed by atoms with Crippen LogP contribution in [0.5, 0.6) is 0 Å². The number of hydrogen-bond acceptors (Lipinski definition) is 3. The van der Waals surface area contributed by atoms with Crippen molar-refractivity contribution >= 4 is 11.8 Å². The Kier molecular flexibility index (Phi) is 3.99. The van der Waals surface area contributed by atoms with Crippen LogP contribution >= 0.6 is 0 Å². The van der Waals surface area contributed by atoms with Gasteiger partial charge in [0.1, 0.15) is 6.04 Å². The Bertz CT molecular complexity index is 300. The summed E-state index contributed by atoms with van der Waals surface area (Å²) >= 11 is 0. The third-order valence-electron chi connectivity index (χ3n) is 3.59. The number of nitrogens with one attached hydrogen (secondary N) is 1. The van der Waals surface area contributed by atoms with Crippen LogP contribution in [0.25, 0.3) is 0 Å². The quantitative estimate of drug-likeness (QED) is 0.743. The Labute approximate surface area is 102 Å². The largest absolute Gasteiger partial charge is 0.338 e. The topological polar surface area (TPSA) is 52.7 Å². The van der Waals surface area contributed by atoms with Crippen LogP contribution < -0.4 is 5.32 Å². The Morgan fingerprint density at radius 1 is 1.35 bits per heavy atom. The van der Waals surface area contributed by atoms with Gasteiger partial charge >= 0.3 is 0 Å². The molecule has 0 aromatic heterocycles. The van der Waals surface area contributed by atoms with Crippen molar-refractivity contribution < 1.29 is 9.59 Å². The Hall–Kier alpha value is -1.10. The molecule has 96 valence electrons. The van der Waals surface area contributed by atoms with Gasteiger partial charge in [-0.2, -0.15) is 0 Å².